The van der Waals surface area contributed by atoms with Gasteiger partial charge in [0.15, 0.2) is 6.10 Å². The Morgan fingerprint density at radius 1 is 1.46 bits per heavy atom. The van der Waals surface area contributed by atoms with Gasteiger partial charge >= 0.3 is 0 Å². The highest BCUT2D eigenvalue weighted by atomic mass is 35.5. The molecule has 0 aliphatic carbocycles. The molecule has 3 heteroatoms. The summed E-state index contributed by atoms with van der Waals surface area (Å²) >= 11 is 5.36. The number of para-hydroxylation sites is 1. The zero-order valence-corrected chi connectivity index (χ0v) is 7.75. The van der Waals surface area contributed by atoms with E-state index in [0.29, 0.717) is 6.42 Å². The van der Waals surface area contributed by atoms with Gasteiger partial charge in [0.1, 0.15) is 5.75 Å². The van der Waals surface area contributed by atoms with E-state index >= 15 is 0 Å². The van der Waals surface area contributed by atoms with Gasteiger partial charge in [-0.25, -0.2) is 0 Å². The SMILES string of the molecule is O=C(Cl)C1CCc2ccccc2O1. The summed E-state index contributed by atoms with van der Waals surface area (Å²) in [6.07, 6.45) is 1.08. The fourth-order valence-corrected chi connectivity index (χ4v) is 1.64. The molecule has 0 bridgehead atoms. The molecule has 0 saturated carbocycles. The van der Waals surface area contributed by atoms with Crippen LogP contribution in [0.4, 0.5) is 0 Å². The predicted molar refractivity (Wildman–Crippen MR) is 50.0 cm³/mol. The second-order valence-corrected chi connectivity index (χ2v) is 3.43. The minimum Gasteiger partial charge on any atom is -0.481 e. The minimum absolute atomic E-state index is 0.408. The average Bonchev–Trinajstić information content (AvgIpc) is 2.17. The van der Waals surface area contributed by atoms with Crippen molar-refractivity contribution in [3.63, 3.8) is 0 Å². The number of rotatable bonds is 1. The van der Waals surface area contributed by atoms with Gasteiger partial charge in [0.2, 0.25) is 0 Å². The summed E-state index contributed by atoms with van der Waals surface area (Å²) in [5.74, 6) is 0.785. The van der Waals surface area contributed by atoms with E-state index in [1.54, 1.807) is 0 Å². The third-order valence-corrected chi connectivity index (χ3v) is 2.41. The van der Waals surface area contributed by atoms with Gasteiger partial charge in [-0.05, 0) is 36.1 Å². The van der Waals surface area contributed by atoms with Crippen molar-refractivity contribution < 1.29 is 9.53 Å². The highest BCUT2D eigenvalue weighted by Crippen LogP contribution is 2.27. The number of hydrogen-bond acceptors (Lipinski definition) is 2. The van der Waals surface area contributed by atoms with Crippen molar-refractivity contribution >= 4 is 16.8 Å². The normalized spacial score (nSPS) is 20.2. The van der Waals surface area contributed by atoms with E-state index in [-0.39, 0.29) is 0 Å². The van der Waals surface area contributed by atoms with E-state index < -0.39 is 11.3 Å². The van der Waals surface area contributed by atoms with Crippen LogP contribution in [-0.4, -0.2) is 11.3 Å². The van der Waals surface area contributed by atoms with E-state index in [1.807, 2.05) is 24.3 Å². The Labute approximate surface area is 81.5 Å². The molecule has 0 amide bonds. The van der Waals surface area contributed by atoms with Crippen molar-refractivity contribution in [2.24, 2.45) is 0 Å². The maximum absolute atomic E-state index is 10.8. The van der Waals surface area contributed by atoms with Gasteiger partial charge in [-0.3, -0.25) is 4.79 Å². The molecule has 2 nitrogen and oxygen atoms in total. The number of aryl methyl sites for hydroxylation is 1. The molecular weight excluding hydrogens is 188 g/mol. The number of halogens is 1. The lowest BCUT2D eigenvalue weighted by Crippen LogP contribution is -2.27. The molecule has 0 N–H and O–H groups in total. The van der Waals surface area contributed by atoms with Crippen LogP contribution in [0.2, 0.25) is 0 Å². The van der Waals surface area contributed by atoms with Gasteiger partial charge in [0.05, 0.1) is 0 Å². The van der Waals surface area contributed by atoms with Crippen LogP contribution in [0.1, 0.15) is 12.0 Å². The first kappa shape index (κ1) is 8.57. The molecule has 1 atom stereocenters. The van der Waals surface area contributed by atoms with Gasteiger partial charge in [0.25, 0.3) is 5.24 Å². The second kappa shape index (κ2) is 3.38. The zero-order chi connectivity index (χ0) is 9.26. The van der Waals surface area contributed by atoms with Crippen molar-refractivity contribution in [2.45, 2.75) is 18.9 Å². The smallest absolute Gasteiger partial charge is 0.262 e. The third kappa shape index (κ3) is 1.68. The summed E-state index contributed by atoms with van der Waals surface area (Å²) in [6.45, 7) is 0. The van der Waals surface area contributed by atoms with E-state index in [1.165, 1.54) is 0 Å². The first-order chi connectivity index (χ1) is 6.27. The summed E-state index contributed by atoms with van der Waals surface area (Å²) in [5, 5.41) is -0.408. The lowest BCUT2D eigenvalue weighted by Gasteiger charge is -2.22. The molecule has 13 heavy (non-hydrogen) atoms. The Kier molecular flexibility index (Phi) is 2.23. The molecule has 1 aliphatic heterocycles. The standard InChI is InChI=1S/C10H9ClO2/c11-10(12)9-6-5-7-3-1-2-4-8(7)13-9/h1-4,9H,5-6H2. The predicted octanol–water partition coefficient (Wildman–Crippen LogP) is 2.15. The lowest BCUT2D eigenvalue weighted by atomic mass is 10.0. The van der Waals surface area contributed by atoms with Crippen molar-refractivity contribution in [2.75, 3.05) is 0 Å². The van der Waals surface area contributed by atoms with Crippen molar-refractivity contribution in [1.82, 2.24) is 0 Å². The van der Waals surface area contributed by atoms with E-state index in [2.05, 4.69) is 0 Å². The second-order valence-electron chi connectivity index (χ2n) is 3.06. The van der Waals surface area contributed by atoms with Crippen molar-refractivity contribution in [3.05, 3.63) is 29.8 Å². The molecule has 68 valence electrons. The van der Waals surface area contributed by atoms with Gasteiger partial charge in [0, 0.05) is 0 Å². The first-order valence-electron chi connectivity index (χ1n) is 4.21. The van der Waals surface area contributed by atoms with Crippen LogP contribution in [0.3, 0.4) is 0 Å². The largest absolute Gasteiger partial charge is 0.481 e. The van der Waals surface area contributed by atoms with E-state index in [0.717, 1.165) is 17.7 Å². The zero-order valence-electron chi connectivity index (χ0n) is 7.00. The average molecular weight is 197 g/mol. The molecule has 1 heterocycles. The van der Waals surface area contributed by atoms with Crippen molar-refractivity contribution in [3.8, 4) is 5.75 Å². The Morgan fingerprint density at radius 2 is 2.23 bits per heavy atom. The van der Waals surface area contributed by atoms with Crippen LogP contribution < -0.4 is 4.74 Å². The molecule has 1 aromatic rings. The Bertz CT molecular complexity index is 335. The summed E-state index contributed by atoms with van der Waals surface area (Å²) in [5.41, 5.74) is 1.15. The van der Waals surface area contributed by atoms with Gasteiger partial charge in [-0.1, -0.05) is 18.2 Å². The molecule has 1 aromatic carbocycles. The molecule has 2 rings (SSSR count). The van der Waals surface area contributed by atoms with Gasteiger partial charge in [-0.15, -0.1) is 0 Å². The van der Waals surface area contributed by atoms with Crippen LogP contribution in [0.25, 0.3) is 0 Å². The summed E-state index contributed by atoms with van der Waals surface area (Å²) in [6, 6.07) is 7.72. The monoisotopic (exact) mass is 196 g/mol. The van der Waals surface area contributed by atoms with Gasteiger partial charge in [-0.2, -0.15) is 0 Å². The van der Waals surface area contributed by atoms with Crippen LogP contribution >= 0.6 is 11.6 Å². The molecule has 0 aromatic heterocycles. The molecule has 1 aliphatic rings. The Morgan fingerprint density at radius 3 is 3.00 bits per heavy atom. The third-order valence-electron chi connectivity index (χ3n) is 2.17. The summed E-state index contributed by atoms with van der Waals surface area (Å²) in [7, 11) is 0. The number of carbonyl (C=O) groups is 1. The number of benzene rings is 1. The fraction of sp³-hybridized carbons (Fsp3) is 0.300. The van der Waals surface area contributed by atoms with Gasteiger partial charge < -0.3 is 4.74 Å². The van der Waals surface area contributed by atoms with Crippen LogP contribution in [-0.2, 0) is 11.2 Å². The van der Waals surface area contributed by atoms with Crippen molar-refractivity contribution in [1.29, 1.82) is 0 Å². The number of hydrogen-bond donors (Lipinski definition) is 0. The van der Waals surface area contributed by atoms with Crippen LogP contribution in [0.15, 0.2) is 24.3 Å². The highest BCUT2D eigenvalue weighted by Gasteiger charge is 2.23. The Balaban J connectivity index is 2.24. The first-order valence-corrected chi connectivity index (χ1v) is 4.59. The summed E-state index contributed by atoms with van der Waals surface area (Å²) < 4.78 is 5.41. The number of fused-ring (bicyclic) bond motifs is 1. The molecule has 0 spiro atoms. The fourth-order valence-electron chi connectivity index (χ4n) is 1.48. The van der Waals surface area contributed by atoms with Crippen LogP contribution in [0.5, 0.6) is 5.75 Å². The lowest BCUT2D eigenvalue weighted by molar-refractivity contribution is -0.118. The van der Waals surface area contributed by atoms with Crippen LogP contribution in [0, 0.1) is 0 Å². The quantitative estimate of drug-likeness (QED) is 0.644. The highest BCUT2D eigenvalue weighted by molar-refractivity contribution is 6.64. The molecular formula is C10H9ClO2. The molecule has 1 unspecified atom stereocenters. The Hall–Kier alpha value is -1.02. The minimum atomic E-state index is -0.462. The molecule has 0 fully saturated rings. The topological polar surface area (TPSA) is 26.3 Å². The summed E-state index contributed by atoms with van der Waals surface area (Å²) in [4.78, 5) is 10.8. The van der Waals surface area contributed by atoms with E-state index in [9.17, 15) is 4.79 Å². The maximum Gasteiger partial charge on any atom is 0.262 e. The molecule has 0 saturated heterocycles. The number of carbonyl (C=O) groups excluding carboxylic acids is 1. The van der Waals surface area contributed by atoms with E-state index in [4.69, 9.17) is 16.3 Å². The number of ether oxygens (including phenoxy) is 1. The maximum atomic E-state index is 10.8. The molecule has 0 radical (unpaired) electrons.